The Bertz CT molecular complexity index is 877. The molecular weight excluding hydrogens is 364 g/mol. The summed E-state index contributed by atoms with van der Waals surface area (Å²) in [6, 6.07) is 0. The van der Waals surface area contributed by atoms with Crippen LogP contribution in [0.1, 0.15) is 51.0 Å². The molecule has 3 heterocycles. The number of aromatic nitrogens is 4. The third kappa shape index (κ3) is 5.53. The van der Waals surface area contributed by atoms with Gasteiger partial charge in [-0.05, 0) is 38.7 Å². The Balaban J connectivity index is 1.84. The van der Waals surface area contributed by atoms with E-state index in [9.17, 15) is 0 Å². The average Bonchev–Trinajstić information content (AvgIpc) is 3.22. The second-order valence-electron chi connectivity index (χ2n) is 7.00. The molecule has 0 radical (unpaired) electrons. The van der Waals surface area contributed by atoms with Crippen molar-refractivity contribution in [3.63, 3.8) is 0 Å². The molecule has 0 bridgehead atoms. The highest BCUT2D eigenvalue weighted by Gasteiger charge is 2.19. The molecule has 3 rings (SSSR count). The van der Waals surface area contributed by atoms with Crippen LogP contribution in [0.15, 0.2) is 48.0 Å². The van der Waals surface area contributed by atoms with Crippen LogP contribution < -0.4 is 9.64 Å². The number of methoxy groups -OCH3 is 1. The first-order valence-electron chi connectivity index (χ1n) is 10.3. The summed E-state index contributed by atoms with van der Waals surface area (Å²) in [5.74, 6) is 2.28. The van der Waals surface area contributed by atoms with Gasteiger partial charge in [0.05, 0.1) is 25.6 Å². The van der Waals surface area contributed by atoms with Crippen molar-refractivity contribution in [3.05, 3.63) is 54.5 Å². The van der Waals surface area contributed by atoms with E-state index in [0.717, 1.165) is 42.6 Å². The summed E-state index contributed by atoms with van der Waals surface area (Å²) >= 11 is 0. The topological polar surface area (TPSA) is 68.4 Å². The van der Waals surface area contributed by atoms with Gasteiger partial charge in [0.25, 0.3) is 0 Å². The SMILES string of the molecule is CC/C=C/C=C\N=C(C)c1nccn1Cc1ncc(OC)nc1N1CCCCC1. The molecule has 2 aromatic heterocycles. The first kappa shape index (κ1) is 20.8. The van der Waals surface area contributed by atoms with Crippen molar-refractivity contribution in [2.75, 3.05) is 25.1 Å². The number of anilines is 1. The largest absolute Gasteiger partial charge is 0.480 e. The molecule has 1 aliphatic heterocycles. The maximum atomic E-state index is 5.32. The van der Waals surface area contributed by atoms with Gasteiger partial charge in [-0.1, -0.05) is 19.1 Å². The Kier molecular flexibility index (Phi) is 7.55. The van der Waals surface area contributed by atoms with Gasteiger partial charge in [0, 0.05) is 31.7 Å². The Hall–Kier alpha value is -2.96. The molecule has 0 N–H and O–H groups in total. The fourth-order valence-corrected chi connectivity index (χ4v) is 3.35. The average molecular weight is 395 g/mol. The van der Waals surface area contributed by atoms with Crippen molar-refractivity contribution in [2.45, 2.75) is 46.1 Å². The smallest absolute Gasteiger partial charge is 0.234 e. The fourth-order valence-electron chi connectivity index (χ4n) is 3.35. The summed E-state index contributed by atoms with van der Waals surface area (Å²) < 4.78 is 7.39. The molecule has 7 heteroatoms. The quantitative estimate of drug-likeness (QED) is 0.500. The van der Waals surface area contributed by atoms with Crippen molar-refractivity contribution in [1.82, 2.24) is 19.5 Å². The summed E-state index contributed by atoms with van der Waals surface area (Å²) in [5, 5.41) is 0. The first-order chi connectivity index (χ1) is 14.2. The second kappa shape index (κ2) is 10.5. The highest BCUT2D eigenvalue weighted by atomic mass is 16.5. The fraction of sp³-hybridized carbons (Fsp3) is 0.455. The molecule has 0 amide bonds. The van der Waals surface area contributed by atoms with E-state index in [2.05, 4.69) is 37.4 Å². The lowest BCUT2D eigenvalue weighted by atomic mass is 10.1. The number of allylic oxidation sites excluding steroid dienone is 3. The maximum absolute atomic E-state index is 5.32. The van der Waals surface area contributed by atoms with Crippen LogP contribution in [0.2, 0.25) is 0 Å². The van der Waals surface area contributed by atoms with E-state index in [1.165, 1.54) is 19.3 Å². The molecule has 0 spiro atoms. The summed E-state index contributed by atoms with van der Waals surface area (Å²) in [6.45, 7) is 6.67. The van der Waals surface area contributed by atoms with Gasteiger partial charge in [0.15, 0.2) is 11.6 Å². The van der Waals surface area contributed by atoms with E-state index in [1.807, 2.05) is 25.3 Å². The van der Waals surface area contributed by atoms with Crippen molar-refractivity contribution < 1.29 is 4.74 Å². The third-order valence-corrected chi connectivity index (χ3v) is 4.87. The molecule has 1 aliphatic rings. The van der Waals surface area contributed by atoms with Crippen LogP contribution in [0.5, 0.6) is 5.88 Å². The minimum Gasteiger partial charge on any atom is -0.480 e. The second-order valence-corrected chi connectivity index (χ2v) is 7.00. The van der Waals surface area contributed by atoms with Crippen LogP contribution >= 0.6 is 0 Å². The molecule has 2 aromatic rings. The Morgan fingerprint density at radius 3 is 2.79 bits per heavy atom. The molecule has 29 heavy (non-hydrogen) atoms. The van der Waals surface area contributed by atoms with Crippen LogP contribution in [0, 0.1) is 0 Å². The van der Waals surface area contributed by atoms with Crippen LogP contribution in [0.3, 0.4) is 0 Å². The van der Waals surface area contributed by atoms with Gasteiger partial charge in [0.1, 0.15) is 5.69 Å². The third-order valence-electron chi connectivity index (χ3n) is 4.87. The Morgan fingerprint density at radius 1 is 1.21 bits per heavy atom. The number of nitrogens with zero attached hydrogens (tertiary/aromatic N) is 6. The summed E-state index contributed by atoms with van der Waals surface area (Å²) in [7, 11) is 1.63. The van der Waals surface area contributed by atoms with Gasteiger partial charge in [-0.25, -0.2) is 9.97 Å². The number of imidazole rings is 1. The van der Waals surface area contributed by atoms with E-state index in [4.69, 9.17) is 9.72 Å². The van der Waals surface area contributed by atoms with Crippen molar-refractivity contribution in [3.8, 4) is 5.88 Å². The van der Waals surface area contributed by atoms with E-state index >= 15 is 0 Å². The van der Waals surface area contributed by atoms with E-state index in [1.54, 1.807) is 25.7 Å². The normalized spacial score (nSPS) is 15.6. The maximum Gasteiger partial charge on any atom is 0.234 e. The van der Waals surface area contributed by atoms with Gasteiger partial charge in [-0.15, -0.1) is 0 Å². The monoisotopic (exact) mass is 394 g/mol. The lowest BCUT2D eigenvalue weighted by molar-refractivity contribution is 0.394. The van der Waals surface area contributed by atoms with Gasteiger partial charge in [-0.2, -0.15) is 4.98 Å². The van der Waals surface area contributed by atoms with Crippen LogP contribution in [-0.4, -0.2) is 45.4 Å². The van der Waals surface area contributed by atoms with E-state index < -0.39 is 0 Å². The highest BCUT2D eigenvalue weighted by molar-refractivity contribution is 5.96. The molecule has 0 aliphatic carbocycles. The lowest BCUT2D eigenvalue weighted by Crippen LogP contribution is -2.31. The predicted molar refractivity (Wildman–Crippen MR) is 117 cm³/mol. The minimum atomic E-state index is 0.545. The molecule has 154 valence electrons. The number of hydrogen-bond acceptors (Lipinski definition) is 6. The number of rotatable bonds is 8. The first-order valence-corrected chi connectivity index (χ1v) is 10.3. The highest BCUT2D eigenvalue weighted by Crippen LogP contribution is 2.24. The molecule has 0 atom stereocenters. The van der Waals surface area contributed by atoms with Crippen molar-refractivity contribution in [1.29, 1.82) is 0 Å². The lowest BCUT2D eigenvalue weighted by Gasteiger charge is -2.29. The van der Waals surface area contributed by atoms with E-state index in [-0.39, 0.29) is 0 Å². The molecule has 1 saturated heterocycles. The van der Waals surface area contributed by atoms with Crippen LogP contribution in [0.4, 0.5) is 5.82 Å². The zero-order chi connectivity index (χ0) is 20.5. The summed E-state index contributed by atoms with van der Waals surface area (Å²) in [6.07, 6.45) is 17.9. The molecule has 0 unspecified atom stereocenters. The van der Waals surface area contributed by atoms with Gasteiger partial charge >= 0.3 is 0 Å². The molecule has 0 aromatic carbocycles. The number of aliphatic imine (C=N–C) groups is 1. The van der Waals surface area contributed by atoms with Crippen LogP contribution in [0.25, 0.3) is 0 Å². The van der Waals surface area contributed by atoms with Gasteiger partial charge < -0.3 is 14.2 Å². The molecular formula is C22H30N6O. The van der Waals surface area contributed by atoms with E-state index in [0.29, 0.717) is 12.4 Å². The van der Waals surface area contributed by atoms with Gasteiger partial charge in [-0.3, -0.25) is 4.99 Å². The number of piperidine rings is 1. The zero-order valence-corrected chi connectivity index (χ0v) is 17.6. The van der Waals surface area contributed by atoms with Crippen LogP contribution in [-0.2, 0) is 6.54 Å². The molecule has 7 nitrogen and oxygen atoms in total. The zero-order valence-electron chi connectivity index (χ0n) is 17.6. The Morgan fingerprint density at radius 2 is 2.03 bits per heavy atom. The molecule has 0 saturated carbocycles. The van der Waals surface area contributed by atoms with Gasteiger partial charge in [0.2, 0.25) is 5.88 Å². The summed E-state index contributed by atoms with van der Waals surface area (Å²) in [5.41, 5.74) is 1.78. The predicted octanol–water partition coefficient (Wildman–Crippen LogP) is 4.01. The number of ether oxygens (including phenoxy) is 1. The molecule has 1 fully saturated rings. The number of hydrogen-bond donors (Lipinski definition) is 0. The summed E-state index contributed by atoms with van der Waals surface area (Å²) in [4.78, 5) is 20.7. The standard InChI is InChI=1S/C22H30N6O/c1-4-5-6-8-11-23-18(2)21-24-12-15-28(21)17-19-22(26-20(29-3)16-25-19)27-13-9-7-10-14-27/h5-6,8,11-12,15-16H,4,7,9-10,13-14,17H2,1-3H3/b6-5+,11-8-,23-18?. The minimum absolute atomic E-state index is 0.545. The van der Waals surface area contributed by atoms with Crippen molar-refractivity contribution in [2.24, 2.45) is 4.99 Å². The van der Waals surface area contributed by atoms with Crippen molar-refractivity contribution >= 4 is 11.5 Å². The Labute approximate surface area is 172 Å².